The van der Waals surface area contributed by atoms with Crippen LogP contribution in [0.25, 0.3) is 0 Å². The van der Waals surface area contributed by atoms with Crippen LogP contribution in [-0.2, 0) is 6.54 Å². The molecule has 2 N–H and O–H groups in total. The van der Waals surface area contributed by atoms with E-state index in [2.05, 4.69) is 4.90 Å². The Bertz CT molecular complexity index is 476. The minimum absolute atomic E-state index is 0.310. The molecule has 1 saturated heterocycles. The van der Waals surface area contributed by atoms with Crippen molar-refractivity contribution >= 4 is 0 Å². The second-order valence-electron chi connectivity index (χ2n) is 5.19. The van der Waals surface area contributed by atoms with Crippen molar-refractivity contribution in [3.63, 3.8) is 0 Å². The summed E-state index contributed by atoms with van der Waals surface area (Å²) in [6, 6.07) is 1.34. The first-order valence-corrected chi connectivity index (χ1v) is 6.92. The number of hydrogen-bond donors (Lipinski definition) is 2. The van der Waals surface area contributed by atoms with Crippen LogP contribution in [0.3, 0.4) is 0 Å². The van der Waals surface area contributed by atoms with E-state index in [9.17, 15) is 15.0 Å². The first kappa shape index (κ1) is 14.1. The minimum atomic E-state index is -0.852. The van der Waals surface area contributed by atoms with Crippen molar-refractivity contribution in [3.05, 3.63) is 28.2 Å². The Morgan fingerprint density at radius 2 is 1.95 bits per heavy atom. The summed E-state index contributed by atoms with van der Waals surface area (Å²) in [7, 11) is 0. The van der Waals surface area contributed by atoms with E-state index >= 15 is 0 Å². The maximum atomic E-state index is 11.4. The van der Waals surface area contributed by atoms with E-state index in [4.69, 9.17) is 0 Å². The number of aromatic hydroxyl groups is 1. The van der Waals surface area contributed by atoms with Gasteiger partial charge in [0.25, 0.3) is 0 Å². The van der Waals surface area contributed by atoms with Crippen molar-refractivity contribution in [1.82, 2.24) is 9.47 Å². The highest BCUT2D eigenvalue weighted by atomic mass is 16.3. The number of hydrogen-bond acceptors (Lipinski definition) is 4. The van der Waals surface area contributed by atoms with Gasteiger partial charge in [0.15, 0.2) is 5.75 Å². The van der Waals surface area contributed by atoms with E-state index in [1.54, 1.807) is 17.7 Å². The van der Waals surface area contributed by atoms with Gasteiger partial charge in [0, 0.05) is 25.4 Å². The molecule has 1 aromatic heterocycles. The smallest absolute Gasteiger partial charge is 0.223 e. The van der Waals surface area contributed by atoms with Gasteiger partial charge in [-0.25, -0.2) is 0 Å². The van der Waals surface area contributed by atoms with Crippen molar-refractivity contribution < 1.29 is 10.2 Å². The molecule has 1 aliphatic rings. The van der Waals surface area contributed by atoms with E-state index in [-0.39, 0.29) is 5.75 Å². The Hall–Kier alpha value is -1.33. The third-order valence-electron chi connectivity index (χ3n) is 3.69. The molecule has 1 unspecified atom stereocenters. The van der Waals surface area contributed by atoms with Gasteiger partial charge < -0.3 is 19.7 Å². The zero-order valence-corrected chi connectivity index (χ0v) is 11.4. The summed E-state index contributed by atoms with van der Waals surface area (Å²) >= 11 is 0. The zero-order chi connectivity index (χ0) is 13.8. The Balaban J connectivity index is 2.11. The predicted octanol–water partition coefficient (Wildman–Crippen LogP) is 1.09. The molecule has 2 rings (SSSR count). The molecule has 5 heteroatoms. The number of pyridine rings is 1. The molecule has 1 aliphatic heterocycles. The maximum Gasteiger partial charge on any atom is 0.223 e. The Morgan fingerprint density at radius 3 is 2.58 bits per heavy atom. The molecule has 106 valence electrons. The average Bonchev–Trinajstić information content (AvgIpc) is 2.41. The Labute approximate surface area is 113 Å². The molecule has 1 fully saturated rings. The lowest BCUT2D eigenvalue weighted by Crippen LogP contribution is -2.33. The second kappa shape index (κ2) is 6.21. The highest BCUT2D eigenvalue weighted by molar-refractivity contribution is 5.28. The summed E-state index contributed by atoms with van der Waals surface area (Å²) in [6.07, 6.45) is 4.56. The number of piperidine rings is 1. The molecule has 0 aromatic carbocycles. The van der Waals surface area contributed by atoms with Gasteiger partial charge in [-0.15, -0.1) is 0 Å². The van der Waals surface area contributed by atoms with Crippen LogP contribution in [0.2, 0.25) is 0 Å². The van der Waals surface area contributed by atoms with Crippen molar-refractivity contribution in [2.45, 2.75) is 38.8 Å². The number of aliphatic hydroxyl groups excluding tert-OH is 1. The number of aromatic nitrogens is 1. The third kappa shape index (κ3) is 3.36. The van der Waals surface area contributed by atoms with Crippen LogP contribution in [0.4, 0.5) is 0 Å². The lowest BCUT2D eigenvalue weighted by Gasteiger charge is -2.27. The Morgan fingerprint density at radius 1 is 1.26 bits per heavy atom. The Kier molecular flexibility index (Phi) is 4.61. The van der Waals surface area contributed by atoms with E-state index in [0.29, 0.717) is 12.2 Å². The molecule has 0 spiro atoms. The van der Waals surface area contributed by atoms with Gasteiger partial charge in [-0.3, -0.25) is 4.79 Å². The number of aliphatic hydroxyl groups is 1. The van der Waals surface area contributed by atoms with Gasteiger partial charge in [-0.1, -0.05) is 6.42 Å². The first-order chi connectivity index (χ1) is 9.09. The average molecular weight is 266 g/mol. The standard InChI is InChI=1S/C14H22N2O3/c1-11(17)13-14(19)12(18)5-8-16(13)10-9-15-6-3-2-4-7-15/h5,8,11,17,19H,2-4,6-7,9-10H2,1H3. The summed E-state index contributed by atoms with van der Waals surface area (Å²) in [5.74, 6) is -0.337. The van der Waals surface area contributed by atoms with E-state index in [0.717, 1.165) is 19.6 Å². The molecule has 1 atom stereocenters. The summed E-state index contributed by atoms with van der Waals surface area (Å²) in [5, 5.41) is 19.5. The molecular formula is C14H22N2O3. The number of likely N-dealkylation sites (tertiary alicyclic amines) is 1. The molecule has 0 bridgehead atoms. The van der Waals surface area contributed by atoms with Crippen LogP contribution >= 0.6 is 0 Å². The van der Waals surface area contributed by atoms with E-state index < -0.39 is 11.5 Å². The summed E-state index contributed by atoms with van der Waals surface area (Å²) < 4.78 is 1.77. The largest absolute Gasteiger partial charge is 0.503 e. The SMILES string of the molecule is CC(O)c1c(O)c(=O)ccn1CCN1CCCCC1. The fraction of sp³-hybridized carbons (Fsp3) is 0.643. The van der Waals surface area contributed by atoms with Gasteiger partial charge in [0.2, 0.25) is 5.43 Å². The molecule has 2 heterocycles. The summed E-state index contributed by atoms with van der Waals surface area (Å²) in [4.78, 5) is 13.8. The van der Waals surface area contributed by atoms with Gasteiger partial charge >= 0.3 is 0 Å². The maximum absolute atomic E-state index is 11.4. The van der Waals surface area contributed by atoms with Gasteiger partial charge in [-0.05, 0) is 32.9 Å². The molecule has 0 saturated carbocycles. The van der Waals surface area contributed by atoms with Crippen molar-refractivity contribution in [2.75, 3.05) is 19.6 Å². The molecular weight excluding hydrogens is 244 g/mol. The first-order valence-electron chi connectivity index (χ1n) is 6.92. The second-order valence-corrected chi connectivity index (χ2v) is 5.19. The van der Waals surface area contributed by atoms with E-state index in [1.165, 1.54) is 25.3 Å². The molecule has 0 aliphatic carbocycles. The summed E-state index contributed by atoms with van der Waals surface area (Å²) in [5.41, 5.74) is -0.130. The molecule has 19 heavy (non-hydrogen) atoms. The highest BCUT2D eigenvalue weighted by Gasteiger charge is 2.16. The van der Waals surface area contributed by atoms with Crippen molar-refractivity contribution in [3.8, 4) is 5.75 Å². The van der Waals surface area contributed by atoms with E-state index in [1.807, 2.05) is 0 Å². The highest BCUT2D eigenvalue weighted by Crippen LogP contribution is 2.20. The van der Waals surface area contributed by atoms with Crippen LogP contribution in [0.15, 0.2) is 17.1 Å². The molecule has 5 nitrogen and oxygen atoms in total. The van der Waals surface area contributed by atoms with Crippen LogP contribution in [0.5, 0.6) is 5.75 Å². The van der Waals surface area contributed by atoms with Gasteiger partial charge in [0.1, 0.15) is 0 Å². The molecule has 0 radical (unpaired) electrons. The van der Waals surface area contributed by atoms with Crippen LogP contribution in [-0.4, -0.2) is 39.3 Å². The number of nitrogens with zero attached hydrogens (tertiary/aromatic N) is 2. The fourth-order valence-corrected chi connectivity index (χ4v) is 2.64. The normalized spacial score (nSPS) is 18.4. The van der Waals surface area contributed by atoms with Crippen molar-refractivity contribution in [2.24, 2.45) is 0 Å². The van der Waals surface area contributed by atoms with Gasteiger partial charge in [0.05, 0.1) is 11.8 Å². The zero-order valence-electron chi connectivity index (χ0n) is 11.4. The quantitative estimate of drug-likeness (QED) is 0.856. The van der Waals surface area contributed by atoms with Crippen LogP contribution in [0.1, 0.15) is 38.0 Å². The lowest BCUT2D eigenvalue weighted by atomic mass is 10.1. The topological polar surface area (TPSA) is 65.7 Å². The lowest BCUT2D eigenvalue weighted by molar-refractivity contribution is 0.176. The fourth-order valence-electron chi connectivity index (χ4n) is 2.64. The molecule has 0 amide bonds. The van der Waals surface area contributed by atoms with Crippen LogP contribution < -0.4 is 5.43 Å². The van der Waals surface area contributed by atoms with Crippen molar-refractivity contribution in [1.29, 1.82) is 0 Å². The third-order valence-corrected chi connectivity index (χ3v) is 3.69. The van der Waals surface area contributed by atoms with Crippen LogP contribution in [0, 0.1) is 0 Å². The van der Waals surface area contributed by atoms with Gasteiger partial charge in [-0.2, -0.15) is 0 Å². The monoisotopic (exact) mass is 266 g/mol. The summed E-state index contributed by atoms with van der Waals surface area (Å²) in [6.45, 7) is 5.33. The predicted molar refractivity (Wildman–Crippen MR) is 73.3 cm³/mol. The molecule has 1 aromatic rings. The minimum Gasteiger partial charge on any atom is -0.503 e. The number of rotatable bonds is 4.